The molecule has 5 aliphatic rings. The van der Waals surface area contributed by atoms with Gasteiger partial charge in [0, 0.05) is 12.6 Å². The second-order valence-corrected chi connectivity index (χ2v) is 30.5. The van der Waals surface area contributed by atoms with E-state index in [2.05, 4.69) is 43.1 Å². The fourth-order valence-corrected chi connectivity index (χ4v) is 28.3. The van der Waals surface area contributed by atoms with Gasteiger partial charge >= 0.3 is 0 Å². The number of rotatable bonds is 12. The Morgan fingerprint density at radius 1 is 0.305 bits per heavy atom. The summed E-state index contributed by atoms with van der Waals surface area (Å²) in [5.74, 6) is 0. The summed E-state index contributed by atoms with van der Waals surface area (Å²) in [6.45, 7) is 3.40. The molecule has 1 unspecified atom stereocenters. The Morgan fingerprint density at radius 3 is 0.829 bits per heavy atom. The highest BCUT2D eigenvalue weighted by molar-refractivity contribution is 6.82. The van der Waals surface area contributed by atoms with E-state index in [-0.39, 0.29) is 16.9 Å². The van der Waals surface area contributed by atoms with Gasteiger partial charge in [-0.05, 0) is 344 Å². The third kappa shape index (κ3) is 2.17. The van der Waals surface area contributed by atoms with Crippen molar-refractivity contribution in [2.75, 3.05) is 13.6 Å². The number of hydrogen-bond donors (Lipinski definition) is 0. The molecule has 82 heavy (non-hydrogen) atoms. The Labute approximate surface area is 458 Å². The van der Waals surface area contributed by atoms with Gasteiger partial charge in [0.15, 0.2) is 0 Å². The molecule has 0 amide bonds. The smallest absolute Gasteiger partial charge is 0.0575 e. The summed E-state index contributed by atoms with van der Waals surface area (Å²) in [6, 6.07) is 10.7. The van der Waals surface area contributed by atoms with Crippen LogP contribution in [0.2, 0.25) is 0 Å². The number of nitrogens with zero attached hydrogens (tertiary/aromatic N) is 1. The van der Waals surface area contributed by atoms with Crippen LogP contribution in [0, 0.1) is 0 Å². The number of benzene rings is 19. The summed E-state index contributed by atoms with van der Waals surface area (Å²) >= 11 is 0. The van der Waals surface area contributed by atoms with Gasteiger partial charge in [-0.2, -0.15) is 0 Å². The van der Waals surface area contributed by atoms with Crippen LogP contribution in [-0.2, 0) is 17.3 Å². The van der Waals surface area contributed by atoms with E-state index in [1.807, 2.05) is 0 Å². The van der Waals surface area contributed by atoms with E-state index in [1.54, 1.807) is 324 Å². The summed E-state index contributed by atoms with van der Waals surface area (Å²) < 4.78 is 0. The van der Waals surface area contributed by atoms with E-state index < -0.39 is 0 Å². The molecule has 34 rings (SSSR count). The first-order valence-corrected chi connectivity index (χ1v) is 32.3. The lowest BCUT2D eigenvalue weighted by atomic mass is 9.47. The van der Waals surface area contributed by atoms with Gasteiger partial charge in [0.1, 0.15) is 0 Å². The molecule has 364 valence electrons. The molecule has 1 atom stereocenters. The highest BCUT2D eigenvalue weighted by Gasteiger charge is 2.76. The van der Waals surface area contributed by atoms with Crippen LogP contribution in [-0.4, -0.2) is 18.5 Å². The Bertz CT molecular complexity index is 7470. The zero-order valence-corrected chi connectivity index (χ0v) is 44.8. The van der Waals surface area contributed by atoms with Crippen LogP contribution >= 0.6 is 0 Å². The van der Waals surface area contributed by atoms with Crippen molar-refractivity contribution >= 4 is 291 Å². The summed E-state index contributed by atoms with van der Waals surface area (Å²) in [5, 5.41) is 91.3. The van der Waals surface area contributed by atoms with Crippen molar-refractivity contribution in [1.29, 1.82) is 0 Å². The van der Waals surface area contributed by atoms with Crippen LogP contribution in [0.4, 0.5) is 0 Å². The standard InChI is InChI=1S/C81H35N/c1-3-4-5-6-7-8-9-10-11-12-14-19-15-13-16-20(17-19)79-81-77-71-65-55-43-35-27-23-21-22-25-29(27)37(43)47-41-33(25)34-26(22)30-28-24(21)32-31(23)39-45(35)53-59-49(39)50-40(32)46-36(28)44-38(30)48-42(34)52-51(41)63(57(47)65)73(77)74-64(52)58(48)66-56(44)62-54(46)60(50)68-67(59)75(69(71)61(53)55)80(81,18-82(79)2)76(68)70(62)72(66)78(74)81/h13,15-17,79H,3-12,14,18H2,1-2H3. The highest BCUT2D eigenvalue weighted by Crippen LogP contribution is 2.87. The Balaban J connectivity index is 0.880. The fraction of sp³-hybridized carbons (Fsp3) is 0.210. The molecular weight excluding hydrogens is 987 g/mol. The van der Waals surface area contributed by atoms with Crippen LogP contribution in [0.3, 0.4) is 0 Å². The molecule has 1 heterocycles. The summed E-state index contributed by atoms with van der Waals surface area (Å²) in [7, 11) is 2.63. The summed E-state index contributed by atoms with van der Waals surface area (Å²) in [4.78, 5) is 3.02. The zero-order valence-electron chi connectivity index (χ0n) is 44.8. The summed E-state index contributed by atoms with van der Waals surface area (Å²) in [5.41, 5.74) is 9.82. The molecule has 0 N–H and O–H groups in total. The maximum Gasteiger partial charge on any atom is 0.0575 e. The fourth-order valence-electron chi connectivity index (χ4n) is 28.3. The first kappa shape index (κ1) is 34.8. The van der Waals surface area contributed by atoms with Gasteiger partial charge in [0.2, 0.25) is 0 Å². The van der Waals surface area contributed by atoms with Gasteiger partial charge in [-0.3, -0.25) is 4.90 Å². The van der Waals surface area contributed by atoms with Gasteiger partial charge in [-0.15, -0.1) is 0 Å². The van der Waals surface area contributed by atoms with Gasteiger partial charge in [-0.25, -0.2) is 0 Å². The van der Waals surface area contributed by atoms with Crippen LogP contribution in [0.15, 0.2) is 24.3 Å². The molecule has 29 aromatic carbocycles. The third-order valence-corrected chi connectivity index (χ3v) is 29.0. The highest BCUT2D eigenvalue weighted by atomic mass is 15.2. The average Bonchev–Trinajstić information content (AvgIpc) is 1.39. The van der Waals surface area contributed by atoms with Crippen molar-refractivity contribution in [2.24, 2.45) is 0 Å². The van der Waals surface area contributed by atoms with E-state index in [0.717, 1.165) is 6.54 Å². The number of hydrogen-bond acceptors (Lipinski definition) is 1. The van der Waals surface area contributed by atoms with E-state index >= 15 is 0 Å². The Morgan fingerprint density at radius 2 is 0.549 bits per heavy atom. The van der Waals surface area contributed by atoms with Crippen molar-refractivity contribution in [3.63, 3.8) is 0 Å². The first-order valence-electron chi connectivity index (χ1n) is 32.3. The van der Waals surface area contributed by atoms with Gasteiger partial charge < -0.3 is 0 Å². The predicted octanol–water partition coefficient (Wildman–Crippen LogP) is 22.4. The lowest BCUT2D eigenvalue weighted by Crippen LogP contribution is -2.51. The molecule has 0 bridgehead atoms. The Kier molecular flexibility index (Phi) is 3.74. The van der Waals surface area contributed by atoms with Crippen LogP contribution in [0.5, 0.6) is 0 Å². The normalized spacial score (nSPS) is 22.2. The van der Waals surface area contributed by atoms with Crippen LogP contribution < -0.4 is 0 Å². The molecule has 1 fully saturated rings. The quantitative estimate of drug-likeness (QED) is 0.0871. The molecule has 0 radical (unpaired) electrons. The molecule has 1 heteroatoms. The SMILES string of the molecule is CCCCCCCCCCCCc1cccc(C2N(C)CC34c5c6c7c8c9c%10c(c%11c%12c3c3c5c5c%13c6c6c7c7c9c9c%14c%10c%10c%11c%11c%12c%12c3c3c5c5c%13c%13c6c6c7c9c7c9c%14c%10c%10c%11c%11c%12c3c3c5c5c%13c6c7c6c9c%10c%11c3c56)C824)c1. The maximum atomic E-state index is 3.02. The number of aryl methyl sites for hydroxylation is 1. The number of likely N-dealkylation sites (tertiary alicyclic amines) is 1. The topological polar surface area (TPSA) is 3.24 Å². The van der Waals surface area contributed by atoms with Gasteiger partial charge in [0.25, 0.3) is 0 Å². The molecule has 4 aliphatic carbocycles. The molecule has 0 saturated carbocycles. The van der Waals surface area contributed by atoms with Gasteiger partial charge in [-0.1, -0.05) is 89.0 Å². The van der Waals surface area contributed by atoms with Crippen molar-refractivity contribution in [3.8, 4) is 0 Å². The molecule has 1 nitrogen and oxygen atoms in total. The van der Waals surface area contributed by atoms with Crippen molar-refractivity contribution < 1.29 is 0 Å². The molecule has 1 aliphatic heterocycles. The largest absolute Gasteiger partial charge is 0.297 e. The number of unbranched alkanes of at least 4 members (excludes halogenated alkanes) is 9. The van der Waals surface area contributed by atoms with E-state index in [4.69, 9.17) is 0 Å². The number of likely N-dealkylation sites (N-methyl/N-ethyl adjacent to an activating group) is 1. The van der Waals surface area contributed by atoms with Crippen molar-refractivity contribution in [1.82, 2.24) is 4.90 Å². The lowest BCUT2D eigenvalue weighted by molar-refractivity contribution is 0.271. The molecule has 1 saturated heterocycles. The minimum absolute atomic E-state index is 0.191. The predicted molar refractivity (Wildman–Crippen MR) is 351 cm³/mol. The van der Waals surface area contributed by atoms with E-state index in [9.17, 15) is 0 Å². The van der Waals surface area contributed by atoms with Crippen LogP contribution in [0.1, 0.15) is 111 Å². The Hall–Kier alpha value is -8.36. The molecule has 29 aromatic rings. The summed E-state index contributed by atoms with van der Waals surface area (Å²) in [6.07, 6.45) is 15.0. The van der Waals surface area contributed by atoms with Crippen LogP contribution in [0.25, 0.3) is 291 Å². The van der Waals surface area contributed by atoms with E-state index in [0.29, 0.717) is 0 Å². The van der Waals surface area contributed by atoms with Crippen molar-refractivity contribution in [3.05, 3.63) is 57.6 Å². The van der Waals surface area contributed by atoms with Gasteiger partial charge in [0.05, 0.1) is 10.8 Å². The average molecular weight is 1020 g/mol. The van der Waals surface area contributed by atoms with Crippen molar-refractivity contribution in [2.45, 2.75) is 94.4 Å². The second kappa shape index (κ2) is 8.82. The lowest BCUT2D eigenvalue weighted by Gasteiger charge is -2.52. The first-order chi connectivity index (χ1) is 40.8. The monoisotopic (exact) mass is 1020 g/mol. The third-order valence-electron chi connectivity index (χ3n) is 29.0. The molecular formula is C81H35N. The molecule has 0 aromatic heterocycles. The second-order valence-electron chi connectivity index (χ2n) is 30.5. The minimum atomic E-state index is -0.303. The maximum absolute atomic E-state index is 3.02. The molecule has 2 spiro atoms. The zero-order chi connectivity index (χ0) is 50.1. The minimum Gasteiger partial charge on any atom is -0.297 e. The van der Waals surface area contributed by atoms with E-state index in [1.165, 1.54) is 70.6 Å².